The van der Waals surface area contributed by atoms with E-state index < -0.39 is 0 Å². The first-order valence-corrected chi connectivity index (χ1v) is 8.22. The van der Waals surface area contributed by atoms with Gasteiger partial charge >= 0.3 is 0 Å². The SMILES string of the molecule is CC(C)Oc1ccc(C(C)NCC2CCC(O)CC2)cc1. The van der Waals surface area contributed by atoms with E-state index in [0.717, 1.165) is 38.0 Å². The van der Waals surface area contributed by atoms with Gasteiger partial charge in [0.1, 0.15) is 5.75 Å². The number of aliphatic hydroxyl groups is 1. The summed E-state index contributed by atoms with van der Waals surface area (Å²) in [4.78, 5) is 0. The number of nitrogens with one attached hydrogen (secondary N) is 1. The fourth-order valence-electron chi connectivity index (χ4n) is 2.92. The van der Waals surface area contributed by atoms with Gasteiger partial charge in [-0.05, 0) is 76.6 Å². The Morgan fingerprint density at radius 3 is 2.29 bits per heavy atom. The first-order valence-electron chi connectivity index (χ1n) is 8.22. The number of ether oxygens (including phenoxy) is 1. The molecule has 0 bridgehead atoms. The molecule has 0 amide bonds. The molecule has 21 heavy (non-hydrogen) atoms. The number of hydrogen-bond donors (Lipinski definition) is 2. The average Bonchev–Trinajstić information content (AvgIpc) is 2.46. The summed E-state index contributed by atoms with van der Waals surface area (Å²) in [5.41, 5.74) is 1.29. The Hall–Kier alpha value is -1.06. The van der Waals surface area contributed by atoms with E-state index in [2.05, 4.69) is 24.4 Å². The summed E-state index contributed by atoms with van der Waals surface area (Å²) in [6, 6.07) is 8.72. The lowest BCUT2D eigenvalue weighted by Crippen LogP contribution is -2.29. The summed E-state index contributed by atoms with van der Waals surface area (Å²) in [5.74, 6) is 1.64. The van der Waals surface area contributed by atoms with Crippen LogP contribution in [0.25, 0.3) is 0 Å². The van der Waals surface area contributed by atoms with Gasteiger partial charge in [0.05, 0.1) is 12.2 Å². The summed E-state index contributed by atoms with van der Waals surface area (Å²) in [6.45, 7) is 7.33. The van der Waals surface area contributed by atoms with Crippen LogP contribution in [-0.2, 0) is 0 Å². The lowest BCUT2D eigenvalue weighted by Gasteiger charge is -2.27. The van der Waals surface area contributed by atoms with Gasteiger partial charge < -0.3 is 15.2 Å². The van der Waals surface area contributed by atoms with E-state index in [1.807, 2.05) is 26.0 Å². The highest BCUT2D eigenvalue weighted by atomic mass is 16.5. The highest BCUT2D eigenvalue weighted by Gasteiger charge is 2.19. The molecule has 1 atom stereocenters. The summed E-state index contributed by atoms with van der Waals surface area (Å²) in [6.07, 6.45) is 4.36. The van der Waals surface area contributed by atoms with E-state index in [1.165, 1.54) is 5.56 Å². The molecule has 2 rings (SSSR count). The zero-order valence-electron chi connectivity index (χ0n) is 13.5. The Morgan fingerprint density at radius 1 is 1.10 bits per heavy atom. The van der Waals surface area contributed by atoms with Crippen LogP contribution in [0.15, 0.2) is 24.3 Å². The zero-order valence-corrected chi connectivity index (χ0v) is 13.5. The molecule has 0 radical (unpaired) electrons. The smallest absolute Gasteiger partial charge is 0.119 e. The topological polar surface area (TPSA) is 41.5 Å². The minimum Gasteiger partial charge on any atom is -0.491 e. The number of aliphatic hydroxyl groups excluding tert-OH is 1. The molecule has 3 nitrogen and oxygen atoms in total. The highest BCUT2D eigenvalue weighted by Crippen LogP contribution is 2.25. The van der Waals surface area contributed by atoms with Crippen molar-refractivity contribution in [3.05, 3.63) is 29.8 Å². The fourth-order valence-corrected chi connectivity index (χ4v) is 2.92. The number of rotatable bonds is 6. The van der Waals surface area contributed by atoms with Crippen LogP contribution in [0.3, 0.4) is 0 Å². The van der Waals surface area contributed by atoms with Gasteiger partial charge in [0.2, 0.25) is 0 Å². The first-order chi connectivity index (χ1) is 10.0. The Balaban J connectivity index is 1.78. The molecule has 0 heterocycles. The average molecular weight is 291 g/mol. The zero-order chi connectivity index (χ0) is 15.2. The van der Waals surface area contributed by atoms with Crippen molar-refractivity contribution in [3.8, 4) is 5.75 Å². The van der Waals surface area contributed by atoms with Crippen LogP contribution in [0, 0.1) is 5.92 Å². The van der Waals surface area contributed by atoms with Crippen molar-refractivity contribution in [2.24, 2.45) is 5.92 Å². The molecule has 0 aliphatic heterocycles. The largest absolute Gasteiger partial charge is 0.491 e. The second kappa shape index (κ2) is 7.81. The van der Waals surface area contributed by atoms with Gasteiger partial charge in [-0.3, -0.25) is 0 Å². The molecule has 1 unspecified atom stereocenters. The first kappa shape index (κ1) is 16.3. The lowest BCUT2D eigenvalue weighted by atomic mass is 9.87. The maximum atomic E-state index is 9.54. The number of hydrogen-bond acceptors (Lipinski definition) is 3. The van der Waals surface area contributed by atoms with E-state index in [-0.39, 0.29) is 12.2 Å². The van der Waals surface area contributed by atoms with Gasteiger partial charge in [-0.2, -0.15) is 0 Å². The molecule has 118 valence electrons. The molecule has 1 aromatic rings. The molecule has 3 heteroatoms. The van der Waals surface area contributed by atoms with Gasteiger partial charge in [0, 0.05) is 6.04 Å². The van der Waals surface area contributed by atoms with Crippen LogP contribution in [0.4, 0.5) is 0 Å². The Labute approximate surface area is 128 Å². The lowest BCUT2D eigenvalue weighted by molar-refractivity contribution is 0.108. The van der Waals surface area contributed by atoms with E-state index >= 15 is 0 Å². The summed E-state index contributed by atoms with van der Waals surface area (Å²) in [7, 11) is 0. The van der Waals surface area contributed by atoms with E-state index in [4.69, 9.17) is 4.74 Å². The Bertz CT molecular complexity index is 408. The van der Waals surface area contributed by atoms with Crippen LogP contribution >= 0.6 is 0 Å². The third kappa shape index (κ3) is 5.33. The maximum Gasteiger partial charge on any atom is 0.119 e. The van der Waals surface area contributed by atoms with Crippen molar-refractivity contribution in [3.63, 3.8) is 0 Å². The second-order valence-corrected chi connectivity index (χ2v) is 6.54. The Kier molecular flexibility index (Phi) is 6.07. The van der Waals surface area contributed by atoms with Gasteiger partial charge in [-0.1, -0.05) is 12.1 Å². The second-order valence-electron chi connectivity index (χ2n) is 6.54. The van der Waals surface area contributed by atoms with Crippen LogP contribution in [-0.4, -0.2) is 23.9 Å². The molecule has 1 aromatic carbocycles. The minimum absolute atomic E-state index is 0.0628. The van der Waals surface area contributed by atoms with Crippen molar-refractivity contribution in [1.82, 2.24) is 5.32 Å². The van der Waals surface area contributed by atoms with Crippen LogP contribution < -0.4 is 10.1 Å². The molecular weight excluding hydrogens is 262 g/mol. The maximum absolute atomic E-state index is 9.54. The van der Waals surface area contributed by atoms with Gasteiger partial charge in [-0.15, -0.1) is 0 Å². The van der Waals surface area contributed by atoms with Crippen LogP contribution in [0.2, 0.25) is 0 Å². The van der Waals surface area contributed by atoms with Crippen molar-refractivity contribution in [2.75, 3.05) is 6.54 Å². The summed E-state index contributed by atoms with van der Waals surface area (Å²) < 4.78 is 5.67. The molecular formula is C18H29NO2. The van der Waals surface area contributed by atoms with Crippen molar-refractivity contribution in [1.29, 1.82) is 0 Å². The van der Waals surface area contributed by atoms with Gasteiger partial charge in [0.25, 0.3) is 0 Å². The van der Waals surface area contributed by atoms with E-state index in [0.29, 0.717) is 12.0 Å². The summed E-state index contributed by atoms with van der Waals surface area (Å²) in [5, 5.41) is 13.2. The molecule has 0 aromatic heterocycles. The van der Waals surface area contributed by atoms with Gasteiger partial charge in [0.15, 0.2) is 0 Å². The quantitative estimate of drug-likeness (QED) is 0.840. The number of benzene rings is 1. The highest BCUT2D eigenvalue weighted by molar-refractivity contribution is 5.29. The fraction of sp³-hybridized carbons (Fsp3) is 0.667. The predicted octanol–water partition coefficient (Wildman–Crippen LogP) is 3.68. The van der Waals surface area contributed by atoms with E-state index in [1.54, 1.807) is 0 Å². The molecule has 1 fully saturated rings. The normalized spacial score (nSPS) is 24.0. The monoisotopic (exact) mass is 291 g/mol. The Morgan fingerprint density at radius 2 is 1.71 bits per heavy atom. The molecule has 0 spiro atoms. The molecule has 0 saturated heterocycles. The minimum atomic E-state index is -0.0628. The third-order valence-corrected chi connectivity index (χ3v) is 4.28. The van der Waals surface area contributed by atoms with Crippen LogP contribution in [0.5, 0.6) is 5.75 Å². The molecule has 1 aliphatic rings. The molecule has 1 aliphatic carbocycles. The van der Waals surface area contributed by atoms with Gasteiger partial charge in [-0.25, -0.2) is 0 Å². The molecule has 1 saturated carbocycles. The molecule has 2 N–H and O–H groups in total. The van der Waals surface area contributed by atoms with E-state index in [9.17, 15) is 5.11 Å². The van der Waals surface area contributed by atoms with Crippen molar-refractivity contribution < 1.29 is 9.84 Å². The van der Waals surface area contributed by atoms with Crippen molar-refractivity contribution in [2.45, 2.75) is 64.7 Å². The van der Waals surface area contributed by atoms with Crippen molar-refractivity contribution >= 4 is 0 Å². The third-order valence-electron chi connectivity index (χ3n) is 4.28. The summed E-state index contributed by atoms with van der Waals surface area (Å²) >= 11 is 0. The predicted molar refractivity (Wildman–Crippen MR) is 86.6 cm³/mol. The standard InChI is InChI=1S/C18H29NO2/c1-13(2)21-18-10-6-16(7-11-18)14(3)19-12-15-4-8-17(20)9-5-15/h6-7,10-11,13-15,17,19-20H,4-5,8-9,12H2,1-3H3. The van der Waals surface area contributed by atoms with Crippen LogP contribution in [0.1, 0.15) is 58.1 Å².